The van der Waals surface area contributed by atoms with Crippen LogP contribution in [-0.4, -0.2) is 66.0 Å². The molecule has 1 fully saturated rings. The molecule has 2 aliphatic heterocycles. The van der Waals surface area contributed by atoms with Crippen LogP contribution in [0.5, 0.6) is 5.75 Å². The highest BCUT2D eigenvalue weighted by atomic mass is 35.5. The zero-order valence-electron chi connectivity index (χ0n) is 23.5. The van der Waals surface area contributed by atoms with E-state index in [0.717, 1.165) is 10.5 Å². The molecule has 3 aromatic rings. The fourth-order valence-electron chi connectivity index (χ4n) is 5.14. The molecule has 0 radical (unpaired) electrons. The molecule has 2 aliphatic rings. The molecule has 1 atom stereocenters. The monoisotopic (exact) mass is 609 g/mol. The van der Waals surface area contributed by atoms with Crippen molar-refractivity contribution >= 4 is 52.7 Å². The second kappa shape index (κ2) is 11.3. The number of para-hydroxylation sites is 1. The maximum Gasteiger partial charge on any atom is 0.410 e. The lowest BCUT2D eigenvalue weighted by Crippen LogP contribution is -2.53. The molecule has 1 unspecified atom stereocenters. The van der Waals surface area contributed by atoms with E-state index in [1.165, 1.54) is 30.3 Å². The summed E-state index contributed by atoms with van der Waals surface area (Å²) < 4.78 is 11.2. The van der Waals surface area contributed by atoms with E-state index < -0.39 is 29.6 Å². The third kappa shape index (κ3) is 5.54. The molecule has 218 valence electrons. The van der Waals surface area contributed by atoms with Crippen LogP contribution >= 0.6 is 23.2 Å². The molecule has 9 nitrogen and oxygen atoms in total. The van der Waals surface area contributed by atoms with Crippen LogP contribution in [0.15, 0.2) is 60.7 Å². The number of nitrogens with zero attached hydrogens (tertiary/aromatic N) is 3. The number of anilines is 1. The van der Waals surface area contributed by atoms with E-state index in [4.69, 9.17) is 32.7 Å². The van der Waals surface area contributed by atoms with Crippen molar-refractivity contribution in [3.63, 3.8) is 0 Å². The van der Waals surface area contributed by atoms with Crippen LogP contribution in [0.4, 0.5) is 10.5 Å². The van der Waals surface area contributed by atoms with E-state index in [-0.39, 0.29) is 52.9 Å². The first-order valence-electron chi connectivity index (χ1n) is 13.3. The summed E-state index contributed by atoms with van der Waals surface area (Å²) in [6.45, 7) is 6.01. The third-order valence-corrected chi connectivity index (χ3v) is 7.63. The van der Waals surface area contributed by atoms with Crippen LogP contribution in [0, 0.1) is 0 Å². The summed E-state index contributed by atoms with van der Waals surface area (Å²) >= 11 is 12.4. The molecular weight excluding hydrogens is 581 g/mol. The summed E-state index contributed by atoms with van der Waals surface area (Å²) in [5.74, 6) is -0.965. The van der Waals surface area contributed by atoms with E-state index in [0.29, 0.717) is 10.8 Å². The number of imide groups is 1. The van der Waals surface area contributed by atoms with Gasteiger partial charge < -0.3 is 19.3 Å². The van der Waals surface area contributed by atoms with Gasteiger partial charge in [-0.15, -0.1) is 0 Å². The number of rotatable bonds is 4. The van der Waals surface area contributed by atoms with Gasteiger partial charge in [-0.05, 0) is 63.2 Å². The molecule has 0 aliphatic carbocycles. The van der Waals surface area contributed by atoms with E-state index in [9.17, 15) is 19.2 Å². The Labute approximate surface area is 253 Å². The highest BCUT2D eigenvalue weighted by Crippen LogP contribution is 2.37. The SMILES string of the molecule is COc1ccccc1C1CN(C(=O)OC(C)(C)C)CCN1C(=O)c1ccc2c(c1)C(=O)N(c1cc(Cl)ccc1Cl)C2=O. The third-order valence-electron chi connectivity index (χ3n) is 7.07. The summed E-state index contributed by atoms with van der Waals surface area (Å²) in [6.07, 6.45) is -0.476. The first kappa shape index (κ1) is 29.4. The molecule has 0 spiro atoms. The minimum atomic E-state index is -0.679. The molecule has 1 saturated heterocycles. The second-order valence-corrected chi connectivity index (χ2v) is 11.8. The summed E-state index contributed by atoms with van der Waals surface area (Å²) in [6, 6.07) is 15.7. The van der Waals surface area contributed by atoms with Gasteiger partial charge in [-0.1, -0.05) is 41.4 Å². The number of carbonyl (C=O) groups is 4. The van der Waals surface area contributed by atoms with Gasteiger partial charge >= 0.3 is 6.09 Å². The van der Waals surface area contributed by atoms with Crippen molar-refractivity contribution in [3.05, 3.63) is 93.0 Å². The molecular formula is C31H29Cl2N3O6. The van der Waals surface area contributed by atoms with Gasteiger partial charge in [-0.25, -0.2) is 9.69 Å². The maximum atomic E-state index is 14.0. The lowest BCUT2D eigenvalue weighted by Gasteiger charge is -2.42. The number of ether oxygens (including phenoxy) is 2. The Bertz CT molecular complexity index is 1600. The molecule has 0 N–H and O–H groups in total. The van der Waals surface area contributed by atoms with E-state index in [1.54, 1.807) is 49.8 Å². The van der Waals surface area contributed by atoms with Crippen molar-refractivity contribution in [2.45, 2.75) is 32.4 Å². The van der Waals surface area contributed by atoms with Crippen molar-refractivity contribution in [3.8, 4) is 5.75 Å². The Kier molecular flexibility index (Phi) is 7.92. The average Bonchev–Trinajstić information content (AvgIpc) is 3.21. The van der Waals surface area contributed by atoms with Crippen LogP contribution in [0.3, 0.4) is 0 Å². The van der Waals surface area contributed by atoms with Crippen molar-refractivity contribution in [1.82, 2.24) is 9.80 Å². The van der Waals surface area contributed by atoms with E-state index in [2.05, 4.69) is 0 Å². The minimum absolute atomic E-state index is 0.0862. The number of halogens is 2. The fourth-order valence-corrected chi connectivity index (χ4v) is 5.51. The standard InChI is InChI=1S/C31H29Cl2N3O6/c1-31(2,3)42-30(40)34-13-14-35(25(17-34)21-7-5-6-8-26(21)41-4)27(37)18-9-11-20-22(15-18)29(39)36(28(20)38)24-16-19(32)10-12-23(24)33/h5-12,15-16,25H,13-14,17H2,1-4H3. The average molecular weight is 610 g/mol. The summed E-state index contributed by atoms with van der Waals surface area (Å²) in [4.78, 5) is 57.8. The van der Waals surface area contributed by atoms with Crippen molar-refractivity contribution in [2.24, 2.45) is 0 Å². The van der Waals surface area contributed by atoms with Gasteiger partial charge in [0, 0.05) is 35.8 Å². The van der Waals surface area contributed by atoms with Gasteiger partial charge in [0.1, 0.15) is 11.4 Å². The predicted octanol–water partition coefficient (Wildman–Crippen LogP) is 6.24. The molecule has 11 heteroatoms. The van der Waals surface area contributed by atoms with Crippen LogP contribution in [0.1, 0.15) is 63.5 Å². The quantitative estimate of drug-likeness (QED) is 0.325. The van der Waals surface area contributed by atoms with E-state index >= 15 is 0 Å². The van der Waals surface area contributed by atoms with Crippen LogP contribution in [0.2, 0.25) is 10.0 Å². The lowest BCUT2D eigenvalue weighted by atomic mass is 9.99. The molecule has 0 aromatic heterocycles. The van der Waals surface area contributed by atoms with Crippen molar-refractivity contribution in [1.29, 1.82) is 0 Å². The molecule has 42 heavy (non-hydrogen) atoms. The summed E-state index contributed by atoms with van der Waals surface area (Å²) in [5, 5.41) is 0.502. The number of hydrogen-bond donors (Lipinski definition) is 0. The molecule has 3 aromatic carbocycles. The van der Waals surface area contributed by atoms with Crippen molar-refractivity contribution < 1.29 is 28.7 Å². The molecule has 5 rings (SSSR count). The number of benzene rings is 3. The Morgan fingerprint density at radius 3 is 2.33 bits per heavy atom. The van der Waals surface area contributed by atoms with Crippen LogP contribution in [-0.2, 0) is 4.74 Å². The zero-order valence-corrected chi connectivity index (χ0v) is 25.0. The number of piperazine rings is 1. The number of carbonyl (C=O) groups excluding carboxylic acids is 4. The van der Waals surface area contributed by atoms with Gasteiger partial charge in [-0.3, -0.25) is 14.4 Å². The van der Waals surface area contributed by atoms with E-state index in [1.807, 2.05) is 18.2 Å². The largest absolute Gasteiger partial charge is 0.496 e. The Hall–Kier alpha value is -4.08. The highest BCUT2D eigenvalue weighted by molar-refractivity contribution is 6.41. The second-order valence-electron chi connectivity index (χ2n) is 11.0. The smallest absolute Gasteiger partial charge is 0.410 e. The maximum absolute atomic E-state index is 14.0. The topological polar surface area (TPSA) is 96.5 Å². The predicted molar refractivity (Wildman–Crippen MR) is 159 cm³/mol. The summed E-state index contributed by atoms with van der Waals surface area (Å²) in [5.41, 5.74) is 0.668. The molecule has 4 amide bonds. The van der Waals surface area contributed by atoms with Crippen LogP contribution < -0.4 is 9.64 Å². The Morgan fingerprint density at radius 1 is 0.905 bits per heavy atom. The summed E-state index contributed by atoms with van der Waals surface area (Å²) in [7, 11) is 1.54. The normalized spacial score (nSPS) is 16.9. The first-order valence-corrected chi connectivity index (χ1v) is 14.0. The number of amides is 4. The van der Waals surface area contributed by atoms with Crippen molar-refractivity contribution in [2.75, 3.05) is 31.6 Å². The number of hydrogen-bond acceptors (Lipinski definition) is 6. The molecule has 0 bridgehead atoms. The first-order chi connectivity index (χ1) is 19.9. The molecule has 0 saturated carbocycles. The van der Waals surface area contributed by atoms with Gasteiger partial charge in [0.05, 0.1) is 35.0 Å². The van der Waals surface area contributed by atoms with Gasteiger partial charge in [0.2, 0.25) is 0 Å². The minimum Gasteiger partial charge on any atom is -0.496 e. The number of methoxy groups -OCH3 is 1. The Morgan fingerprint density at radius 2 is 1.62 bits per heavy atom. The van der Waals surface area contributed by atoms with Gasteiger partial charge in [-0.2, -0.15) is 0 Å². The fraction of sp³-hybridized carbons (Fsp3) is 0.290. The van der Waals surface area contributed by atoms with Gasteiger partial charge in [0.25, 0.3) is 17.7 Å². The van der Waals surface area contributed by atoms with Crippen LogP contribution in [0.25, 0.3) is 0 Å². The Balaban J connectivity index is 1.48. The van der Waals surface area contributed by atoms with Gasteiger partial charge in [0.15, 0.2) is 0 Å². The number of fused-ring (bicyclic) bond motifs is 1. The zero-order chi connectivity index (χ0) is 30.3. The molecule has 2 heterocycles. The highest BCUT2D eigenvalue weighted by Gasteiger charge is 2.40. The lowest BCUT2D eigenvalue weighted by molar-refractivity contribution is 0.00384.